The molecule has 1 N–H and O–H groups in total. The Morgan fingerprint density at radius 2 is 2.00 bits per heavy atom. The van der Waals surface area contributed by atoms with Crippen LogP contribution in [0.1, 0.15) is 33.5 Å². The van der Waals surface area contributed by atoms with Gasteiger partial charge in [-0.2, -0.15) is 0 Å². The minimum Gasteiger partial charge on any atom is -0.486 e. The van der Waals surface area contributed by atoms with Crippen molar-refractivity contribution in [2.45, 2.75) is 25.9 Å². The standard InChI is InChI=1S/C17H15ClO3/c18-15-6-2-5-14(17(19)20)16(15)21-10-11-7-8-12-3-1-4-13(12)9-11/h2,5-9H,1,3-4,10H2,(H,19,20). The van der Waals surface area contributed by atoms with Crippen molar-refractivity contribution < 1.29 is 14.6 Å². The molecule has 2 aromatic carbocycles. The number of aryl methyl sites for hydroxylation is 2. The quantitative estimate of drug-likeness (QED) is 0.924. The summed E-state index contributed by atoms with van der Waals surface area (Å²) in [6, 6.07) is 11.0. The first kappa shape index (κ1) is 14.0. The predicted octanol–water partition coefficient (Wildman–Crippen LogP) is 4.11. The van der Waals surface area contributed by atoms with Crippen molar-refractivity contribution in [3.63, 3.8) is 0 Å². The molecule has 1 aliphatic carbocycles. The number of fused-ring (bicyclic) bond motifs is 1. The number of halogens is 1. The molecule has 1 aliphatic rings. The van der Waals surface area contributed by atoms with E-state index in [-0.39, 0.29) is 11.3 Å². The number of carboxylic acid groups (broad SMARTS) is 1. The first-order valence-electron chi connectivity index (χ1n) is 6.90. The molecule has 0 saturated carbocycles. The molecule has 0 unspecified atom stereocenters. The fourth-order valence-electron chi connectivity index (χ4n) is 2.69. The van der Waals surface area contributed by atoms with Crippen molar-refractivity contribution in [1.29, 1.82) is 0 Å². The monoisotopic (exact) mass is 302 g/mol. The maximum atomic E-state index is 11.2. The van der Waals surface area contributed by atoms with Crippen LogP contribution in [0.4, 0.5) is 0 Å². The minimum atomic E-state index is -1.04. The highest BCUT2D eigenvalue weighted by atomic mass is 35.5. The van der Waals surface area contributed by atoms with Crippen LogP contribution in [0.2, 0.25) is 5.02 Å². The molecular formula is C17H15ClO3. The number of aromatic carboxylic acids is 1. The van der Waals surface area contributed by atoms with Gasteiger partial charge in [0, 0.05) is 0 Å². The minimum absolute atomic E-state index is 0.0867. The van der Waals surface area contributed by atoms with E-state index < -0.39 is 5.97 Å². The van der Waals surface area contributed by atoms with Crippen molar-refractivity contribution in [2.75, 3.05) is 0 Å². The van der Waals surface area contributed by atoms with E-state index in [0.717, 1.165) is 18.4 Å². The van der Waals surface area contributed by atoms with Gasteiger partial charge in [-0.05, 0) is 48.1 Å². The summed E-state index contributed by atoms with van der Waals surface area (Å²) in [5, 5.41) is 9.49. The average molecular weight is 303 g/mol. The molecule has 108 valence electrons. The Kier molecular flexibility index (Phi) is 3.84. The van der Waals surface area contributed by atoms with Crippen LogP contribution in [0.15, 0.2) is 36.4 Å². The molecule has 2 aromatic rings. The number of carbonyl (C=O) groups is 1. The molecule has 0 aromatic heterocycles. The molecule has 0 radical (unpaired) electrons. The van der Waals surface area contributed by atoms with Crippen LogP contribution >= 0.6 is 11.6 Å². The van der Waals surface area contributed by atoms with Crippen molar-refractivity contribution in [3.05, 3.63) is 63.7 Å². The highest BCUT2D eigenvalue weighted by Gasteiger charge is 2.15. The van der Waals surface area contributed by atoms with E-state index in [0.29, 0.717) is 11.6 Å². The van der Waals surface area contributed by atoms with Gasteiger partial charge in [-0.15, -0.1) is 0 Å². The Bertz CT molecular complexity index is 694. The van der Waals surface area contributed by atoms with Gasteiger partial charge in [0.1, 0.15) is 12.2 Å². The van der Waals surface area contributed by atoms with Gasteiger partial charge in [-0.25, -0.2) is 4.79 Å². The van der Waals surface area contributed by atoms with E-state index in [1.54, 1.807) is 12.1 Å². The van der Waals surface area contributed by atoms with E-state index in [4.69, 9.17) is 16.3 Å². The van der Waals surface area contributed by atoms with Crippen LogP contribution < -0.4 is 4.74 Å². The molecule has 0 aliphatic heterocycles. The topological polar surface area (TPSA) is 46.5 Å². The lowest BCUT2D eigenvalue weighted by molar-refractivity contribution is 0.0691. The highest BCUT2D eigenvalue weighted by Crippen LogP contribution is 2.30. The fourth-order valence-corrected chi connectivity index (χ4v) is 2.92. The zero-order valence-corrected chi connectivity index (χ0v) is 12.2. The predicted molar refractivity (Wildman–Crippen MR) is 81.2 cm³/mol. The maximum Gasteiger partial charge on any atom is 0.339 e. The SMILES string of the molecule is O=C(O)c1cccc(Cl)c1OCc1ccc2c(c1)CCC2. The third-order valence-electron chi connectivity index (χ3n) is 3.74. The number of ether oxygens (including phenoxy) is 1. The first-order valence-corrected chi connectivity index (χ1v) is 7.28. The zero-order valence-electron chi connectivity index (χ0n) is 11.4. The van der Waals surface area contributed by atoms with Crippen LogP contribution in [0.3, 0.4) is 0 Å². The van der Waals surface area contributed by atoms with Crippen molar-refractivity contribution in [3.8, 4) is 5.75 Å². The smallest absolute Gasteiger partial charge is 0.339 e. The molecule has 0 amide bonds. The Labute approximate surface area is 128 Å². The third-order valence-corrected chi connectivity index (χ3v) is 4.04. The summed E-state index contributed by atoms with van der Waals surface area (Å²) in [6.07, 6.45) is 3.45. The lowest BCUT2D eigenvalue weighted by Crippen LogP contribution is -2.04. The lowest BCUT2D eigenvalue weighted by atomic mass is 10.1. The summed E-state index contributed by atoms with van der Waals surface area (Å²) in [5.41, 5.74) is 3.90. The molecular weight excluding hydrogens is 288 g/mol. The second-order valence-corrected chi connectivity index (χ2v) is 5.57. The zero-order chi connectivity index (χ0) is 14.8. The summed E-state index contributed by atoms with van der Waals surface area (Å²) < 4.78 is 5.66. The molecule has 0 heterocycles. The summed E-state index contributed by atoms with van der Waals surface area (Å²) in [5.74, 6) is -0.811. The molecule has 3 nitrogen and oxygen atoms in total. The molecule has 0 spiro atoms. The lowest BCUT2D eigenvalue weighted by Gasteiger charge is -2.11. The highest BCUT2D eigenvalue weighted by molar-refractivity contribution is 6.32. The fraction of sp³-hybridized carbons (Fsp3) is 0.235. The molecule has 0 saturated heterocycles. The van der Waals surface area contributed by atoms with Gasteiger partial charge < -0.3 is 9.84 Å². The van der Waals surface area contributed by atoms with Crippen molar-refractivity contribution in [1.82, 2.24) is 0 Å². The van der Waals surface area contributed by atoms with Crippen LogP contribution in [0.25, 0.3) is 0 Å². The Morgan fingerprint density at radius 1 is 1.19 bits per heavy atom. The Morgan fingerprint density at radius 3 is 2.81 bits per heavy atom. The average Bonchev–Trinajstić information content (AvgIpc) is 2.93. The number of rotatable bonds is 4. The third kappa shape index (κ3) is 2.88. The largest absolute Gasteiger partial charge is 0.486 e. The van der Waals surface area contributed by atoms with E-state index in [2.05, 4.69) is 12.1 Å². The van der Waals surface area contributed by atoms with Gasteiger partial charge in [0.05, 0.1) is 5.02 Å². The van der Waals surface area contributed by atoms with Crippen LogP contribution in [-0.2, 0) is 19.4 Å². The second-order valence-electron chi connectivity index (χ2n) is 5.17. The molecule has 0 bridgehead atoms. The number of carboxylic acids is 1. The second kappa shape index (κ2) is 5.78. The van der Waals surface area contributed by atoms with Gasteiger partial charge in [-0.3, -0.25) is 0 Å². The van der Waals surface area contributed by atoms with Gasteiger partial charge >= 0.3 is 5.97 Å². The van der Waals surface area contributed by atoms with Gasteiger partial charge in [0.25, 0.3) is 0 Å². The van der Waals surface area contributed by atoms with Crippen molar-refractivity contribution >= 4 is 17.6 Å². The van der Waals surface area contributed by atoms with Gasteiger partial charge in [0.15, 0.2) is 5.75 Å². The molecule has 21 heavy (non-hydrogen) atoms. The van der Waals surface area contributed by atoms with Crippen LogP contribution in [0.5, 0.6) is 5.75 Å². The van der Waals surface area contributed by atoms with E-state index >= 15 is 0 Å². The normalized spacial score (nSPS) is 13.0. The summed E-state index contributed by atoms with van der Waals surface area (Å²) in [4.78, 5) is 11.2. The number of benzene rings is 2. The molecule has 4 heteroatoms. The molecule has 3 rings (SSSR count). The summed E-state index contributed by atoms with van der Waals surface area (Å²) in [6.45, 7) is 0.317. The molecule has 0 fully saturated rings. The van der Waals surface area contributed by atoms with Crippen LogP contribution in [-0.4, -0.2) is 11.1 Å². The number of para-hydroxylation sites is 1. The Hall–Kier alpha value is -2.00. The first-order chi connectivity index (χ1) is 10.1. The summed E-state index contributed by atoms with van der Waals surface area (Å²) >= 11 is 6.05. The van der Waals surface area contributed by atoms with Gasteiger partial charge in [0.2, 0.25) is 0 Å². The van der Waals surface area contributed by atoms with E-state index in [9.17, 15) is 9.90 Å². The van der Waals surface area contributed by atoms with E-state index in [1.807, 2.05) is 6.07 Å². The molecule has 0 atom stereocenters. The van der Waals surface area contributed by atoms with Gasteiger partial charge in [-0.1, -0.05) is 35.9 Å². The number of hydrogen-bond acceptors (Lipinski definition) is 2. The summed E-state index contributed by atoms with van der Waals surface area (Å²) in [7, 11) is 0. The number of hydrogen-bond donors (Lipinski definition) is 1. The van der Waals surface area contributed by atoms with E-state index in [1.165, 1.54) is 23.6 Å². The van der Waals surface area contributed by atoms with Crippen LogP contribution in [0, 0.1) is 0 Å². The maximum absolute atomic E-state index is 11.2. The van der Waals surface area contributed by atoms with Crippen molar-refractivity contribution in [2.24, 2.45) is 0 Å². The Balaban J connectivity index is 1.80.